The van der Waals surface area contributed by atoms with Crippen molar-refractivity contribution in [1.82, 2.24) is 9.97 Å². The molecule has 0 aliphatic rings. The summed E-state index contributed by atoms with van der Waals surface area (Å²) in [7, 11) is 0. The first-order valence-electron chi connectivity index (χ1n) is 4.69. The van der Waals surface area contributed by atoms with Gasteiger partial charge in [-0.1, -0.05) is 23.2 Å². The monoisotopic (exact) mass is 267 g/mol. The maximum absolute atomic E-state index is 11.8. The van der Waals surface area contributed by atoms with Crippen LogP contribution in [-0.2, 0) is 0 Å². The molecule has 0 aliphatic carbocycles. The quantitative estimate of drug-likeness (QED) is 0.851. The van der Waals surface area contributed by atoms with Crippen molar-refractivity contribution in [2.24, 2.45) is 0 Å². The van der Waals surface area contributed by atoms with Crippen LogP contribution in [0.3, 0.4) is 0 Å². The largest absolute Gasteiger partial charge is 0.306 e. The summed E-state index contributed by atoms with van der Waals surface area (Å²) in [5.74, 6) is 0.0707. The number of anilines is 1. The average Bonchev–Trinajstić information content (AvgIpc) is 2.29. The predicted molar refractivity (Wildman–Crippen MR) is 66.4 cm³/mol. The number of nitrogens with zero attached hydrogens (tertiary/aromatic N) is 2. The summed E-state index contributed by atoms with van der Waals surface area (Å²) >= 11 is 11.4. The van der Waals surface area contributed by atoms with E-state index in [-0.39, 0.29) is 11.1 Å². The minimum absolute atomic E-state index is 0.270. The van der Waals surface area contributed by atoms with Crippen LogP contribution in [0.1, 0.15) is 10.4 Å². The van der Waals surface area contributed by atoms with Crippen molar-refractivity contribution >= 4 is 34.9 Å². The maximum atomic E-state index is 11.8. The van der Waals surface area contributed by atoms with E-state index >= 15 is 0 Å². The van der Waals surface area contributed by atoms with Gasteiger partial charge in [0, 0.05) is 16.7 Å². The second-order valence-corrected chi connectivity index (χ2v) is 4.01. The van der Waals surface area contributed by atoms with Gasteiger partial charge in [-0.05, 0) is 24.3 Å². The molecule has 0 unspecified atom stereocenters. The Bertz CT molecular complexity index is 543. The summed E-state index contributed by atoms with van der Waals surface area (Å²) in [5, 5.41) is 3.45. The number of hydrogen-bond acceptors (Lipinski definition) is 3. The van der Waals surface area contributed by atoms with Gasteiger partial charge < -0.3 is 5.32 Å². The molecule has 2 aromatic rings. The van der Waals surface area contributed by atoms with E-state index in [4.69, 9.17) is 23.2 Å². The number of halogens is 2. The molecule has 0 bridgehead atoms. The van der Waals surface area contributed by atoms with Gasteiger partial charge in [0.1, 0.15) is 17.3 Å². The van der Waals surface area contributed by atoms with E-state index in [2.05, 4.69) is 15.3 Å². The Morgan fingerprint density at radius 2 is 1.82 bits per heavy atom. The lowest BCUT2D eigenvalue weighted by Gasteiger charge is -2.04. The Morgan fingerprint density at radius 1 is 1.12 bits per heavy atom. The van der Waals surface area contributed by atoms with Gasteiger partial charge in [0.2, 0.25) is 0 Å². The number of carbonyl (C=O) groups is 1. The van der Waals surface area contributed by atoms with Crippen LogP contribution in [0.2, 0.25) is 10.2 Å². The first-order chi connectivity index (χ1) is 8.15. The molecule has 1 aromatic heterocycles. The smallest absolute Gasteiger partial charge is 0.256 e. The van der Waals surface area contributed by atoms with E-state index in [0.717, 1.165) is 0 Å². The van der Waals surface area contributed by atoms with Crippen molar-refractivity contribution in [3.8, 4) is 0 Å². The van der Waals surface area contributed by atoms with E-state index in [0.29, 0.717) is 16.4 Å². The van der Waals surface area contributed by atoms with Crippen molar-refractivity contribution in [3.63, 3.8) is 0 Å². The molecule has 86 valence electrons. The van der Waals surface area contributed by atoms with Gasteiger partial charge in [0.15, 0.2) is 0 Å². The highest BCUT2D eigenvalue weighted by Crippen LogP contribution is 2.12. The molecule has 0 aliphatic heterocycles. The fraction of sp³-hybridized carbons (Fsp3) is 0. The lowest BCUT2D eigenvalue weighted by molar-refractivity contribution is 0.102. The molecule has 0 fully saturated rings. The third-order valence-electron chi connectivity index (χ3n) is 1.98. The molecule has 6 heteroatoms. The highest BCUT2D eigenvalue weighted by molar-refractivity contribution is 6.30. The summed E-state index contributed by atoms with van der Waals surface area (Å²) in [4.78, 5) is 19.4. The van der Waals surface area contributed by atoms with Gasteiger partial charge in [0.05, 0.1) is 0 Å². The van der Waals surface area contributed by atoms with Gasteiger partial charge in [0.25, 0.3) is 5.91 Å². The molecule has 0 spiro atoms. The lowest BCUT2D eigenvalue weighted by Crippen LogP contribution is -2.12. The van der Waals surface area contributed by atoms with Crippen molar-refractivity contribution < 1.29 is 4.79 Å². The molecule has 0 saturated carbocycles. The Labute approximate surface area is 108 Å². The van der Waals surface area contributed by atoms with Crippen LogP contribution in [0.5, 0.6) is 0 Å². The minimum atomic E-state index is -0.281. The van der Waals surface area contributed by atoms with Gasteiger partial charge in [-0.2, -0.15) is 0 Å². The van der Waals surface area contributed by atoms with Crippen LogP contribution in [-0.4, -0.2) is 15.9 Å². The number of rotatable bonds is 2. The molecule has 0 atom stereocenters. The van der Waals surface area contributed by atoms with Crippen molar-refractivity contribution in [2.75, 3.05) is 5.32 Å². The number of nitrogens with one attached hydrogen (secondary N) is 1. The summed E-state index contributed by atoms with van der Waals surface area (Å²) in [6.45, 7) is 0. The summed E-state index contributed by atoms with van der Waals surface area (Å²) < 4.78 is 0. The Balaban J connectivity index is 2.14. The number of aromatic nitrogens is 2. The van der Waals surface area contributed by atoms with Crippen LogP contribution < -0.4 is 5.32 Å². The molecule has 1 N–H and O–H groups in total. The average molecular weight is 268 g/mol. The third kappa shape index (κ3) is 3.15. The third-order valence-corrected chi connectivity index (χ3v) is 2.44. The summed E-state index contributed by atoms with van der Waals surface area (Å²) in [5.41, 5.74) is 0.490. The van der Waals surface area contributed by atoms with Gasteiger partial charge in [-0.3, -0.25) is 4.79 Å². The lowest BCUT2D eigenvalue weighted by atomic mass is 10.2. The van der Waals surface area contributed by atoms with E-state index < -0.39 is 0 Å². The summed E-state index contributed by atoms with van der Waals surface area (Å²) in [6.07, 6.45) is 1.28. The Kier molecular flexibility index (Phi) is 3.56. The molecule has 1 heterocycles. The Hall–Kier alpha value is -1.65. The molecular formula is C11H7Cl2N3O. The minimum Gasteiger partial charge on any atom is -0.306 e. The fourth-order valence-electron chi connectivity index (χ4n) is 1.19. The second-order valence-electron chi connectivity index (χ2n) is 3.19. The zero-order valence-corrected chi connectivity index (χ0v) is 10.0. The first kappa shape index (κ1) is 11.8. The standard InChI is InChI=1S/C11H7Cl2N3O/c12-8-3-1-7(2-4-8)11(17)16-10-5-9(13)14-6-15-10/h1-6H,(H,14,15,16,17). The predicted octanol–water partition coefficient (Wildman–Crippen LogP) is 3.04. The zero-order chi connectivity index (χ0) is 12.3. The van der Waals surface area contributed by atoms with Gasteiger partial charge in [-0.15, -0.1) is 0 Å². The van der Waals surface area contributed by atoms with Crippen molar-refractivity contribution in [3.05, 3.63) is 52.4 Å². The second kappa shape index (κ2) is 5.12. The molecular weight excluding hydrogens is 261 g/mol. The highest BCUT2D eigenvalue weighted by atomic mass is 35.5. The number of hydrogen-bond donors (Lipinski definition) is 1. The van der Waals surface area contributed by atoms with Crippen molar-refractivity contribution in [1.29, 1.82) is 0 Å². The van der Waals surface area contributed by atoms with Crippen molar-refractivity contribution in [2.45, 2.75) is 0 Å². The van der Waals surface area contributed by atoms with Gasteiger partial charge in [-0.25, -0.2) is 9.97 Å². The van der Waals surface area contributed by atoms with Crippen LogP contribution in [0.4, 0.5) is 5.82 Å². The highest BCUT2D eigenvalue weighted by Gasteiger charge is 2.06. The SMILES string of the molecule is O=C(Nc1cc(Cl)ncn1)c1ccc(Cl)cc1. The normalized spacial score (nSPS) is 10.0. The van der Waals surface area contributed by atoms with Crippen LogP contribution in [0.15, 0.2) is 36.7 Å². The maximum Gasteiger partial charge on any atom is 0.256 e. The van der Waals surface area contributed by atoms with E-state index in [1.165, 1.54) is 12.4 Å². The molecule has 17 heavy (non-hydrogen) atoms. The molecule has 0 radical (unpaired) electrons. The number of carbonyl (C=O) groups excluding carboxylic acids is 1. The van der Waals surface area contributed by atoms with Crippen LogP contribution in [0, 0.1) is 0 Å². The fourth-order valence-corrected chi connectivity index (χ4v) is 1.46. The molecule has 2 rings (SSSR count). The number of amides is 1. The number of benzene rings is 1. The van der Waals surface area contributed by atoms with E-state index in [9.17, 15) is 4.79 Å². The molecule has 1 aromatic carbocycles. The van der Waals surface area contributed by atoms with Gasteiger partial charge >= 0.3 is 0 Å². The van der Waals surface area contributed by atoms with Crippen LogP contribution >= 0.6 is 23.2 Å². The molecule has 4 nitrogen and oxygen atoms in total. The Morgan fingerprint density at radius 3 is 2.47 bits per heavy atom. The summed E-state index contributed by atoms with van der Waals surface area (Å²) in [6, 6.07) is 8.00. The topological polar surface area (TPSA) is 54.9 Å². The first-order valence-corrected chi connectivity index (χ1v) is 5.45. The van der Waals surface area contributed by atoms with E-state index in [1.807, 2.05) is 0 Å². The zero-order valence-electron chi connectivity index (χ0n) is 8.52. The van der Waals surface area contributed by atoms with Crippen LogP contribution in [0.25, 0.3) is 0 Å². The van der Waals surface area contributed by atoms with E-state index in [1.54, 1.807) is 24.3 Å². The molecule has 1 amide bonds. The molecule has 0 saturated heterocycles.